The highest BCUT2D eigenvalue weighted by Gasteiger charge is 2.26. The highest BCUT2D eigenvalue weighted by atomic mass is 79.9. The van der Waals surface area contributed by atoms with Crippen LogP contribution in [0, 0.1) is 22.7 Å². The van der Waals surface area contributed by atoms with E-state index in [0.29, 0.717) is 6.54 Å². The van der Waals surface area contributed by atoms with Gasteiger partial charge in [-0.25, -0.2) is 9.67 Å². The molecular formula is C17H21BrN6. The molecular weight excluding hydrogens is 368 g/mol. The maximum atomic E-state index is 9.42. The number of anilines is 1. The van der Waals surface area contributed by atoms with Crippen molar-refractivity contribution in [3.63, 3.8) is 0 Å². The van der Waals surface area contributed by atoms with Crippen LogP contribution < -0.4 is 5.73 Å². The minimum Gasteiger partial charge on any atom is -0.367 e. The molecule has 0 fully saturated rings. The average molecular weight is 389 g/mol. The van der Waals surface area contributed by atoms with E-state index in [1.54, 1.807) is 11.0 Å². The average Bonchev–Trinajstić information content (AvgIpc) is 2.92. The zero-order valence-electron chi connectivity index (χ0n) is 14.2. The summed E-state index contributed by atoms with van der Waals surface area (Å²) < 4.78 is 1.64. The first-order valence-electron chi connectivity index (χ1n) is 7.30. The Labute approximate surface area is 152 Å². The summed E-state index contributed by atoms with van der Waals surface area (Å²) in [6, 6.07) is 10.5. The van der Waals surface area contributed by atoms with Crippen molar-refractivity contribution in [1.82, 2.24) is 14.8 Å². The maximum absolute atomic E-state index is 9.42. The summed E-state index contributed by atoms with van der Waals surface area (Å²) in [5.41, 5.74) is 6.97. The van der Waals surface area contributed by atoms with E-state index < -0.39 is 10.8 Å². The first-order valence-corrected chi connectivity index (χ1v) is 7.30. The van der Waals surface area contributed by atoms with Gasteiger partial charge in [-0.05, 0) is 44.4 Å². The Morgan fingerprint density at radius 1 is 1.04 bits per heavy atom. The summed E-state index contributed by atoms with van der Waals surface area (Å²) in [7, 11) is 0. The molecule has 0 aliphatic heterocycles. The van der Waals surface area contributed by atoms with Crippen LogP contribution in [0.5, 0.6) is 0 Å². The highest BCUT2D eigenvalue weighted by molar-refractivity contribution is 8.93. The number of nitrogens with zero attached hydrogens (tertiary/aromatic N) is 5. The highest BCUT2D eigenvalue weighted by Crippen LogP contribution is 2.30. The van der Waals surface area contributed by atoms with Crippen molar-refractivity contribution in [3.8, 4) is 12.1 Å². The lowest BCUT2D eigenvalue weighted by Crippen LogP contribution is -2.20. The monoisotopic (exact) mass is 388 g/mol. The van der Waals surface area contributed by atoms with Gasteiger partial charge in [0.2, 0.25) is 5.95 Å². The smallest absolute Gasteiger partial charge is 0.239 e. The number of halogens is 1. The lowest BCUT2D eigenvalue weighted by atomic mass is 9.79. The fraction of sp³-hybridized carbons (Fsp3) is 0.412. The van der Waals surface area contributed by atoms with Crippen molar-refractivity contribution in [2.45, 2.75) is 45.1 Å². The van der Waals surface area contributed by atoms with Crippen molar-refractivity contribution in [1.29, 1.82) is 10.5 Å². The van der Waals surface area contributed by atoms with Crippen LogP contribution >= 0.6 is 17.0 Å². The quantitative estimate of drug-likeness (QED) is 0.865. The molecule has 0 radical (unpaired) electrons. The molecule has 1 heterocycles. The second-order valence-corrected chi connectivity index (χ2v) is 6.69. The van der Waals surface area contributed by atoms with E-state index in [1.807, 2.05) is 45.9 Å². The Hall–Kier alpha value is -2.38. The summed E-state index contributed by atoms with van der Waals surface area (Å²) in [6.07, 6.45) is 1.56. The third-order valence-electron chi connectivity index (χ3n) is 3.89. The molecule has 1 aromatic heterocycles. The molecule has 0 aliphatic carbocycles. The minimum atomic E-state index is -0.641. The molecule has 0 atom stereocenters. The summed E-state index contributed by atoms with van der Waals surface area (Å²) in [5, 5.41) is 22.9. The molecule has 2 N–H and O–H groups in total. The number of rotatable bonds is 4. The Morgan fingerprint density at radius 2 is 1.54 bits per heavy atom. The van der Waals surface area contributed by atoms with Crippen LogP contribution in [0.15, 0.2) is 24.5 Å². The molecule has 0 aliphatic rings. The van der Waals surface area contributed by atoms with Crippen molar-refractivity contribution in [2.24, 2.45) is 0 Å². The van der Waals surface area contributed by atoms with Crippen molar-refractivity contribution >= 4 is 22.9 Å². The number of hydrogen-bond donors (Lipinski definition) is 1. The molecule has 0 saturated carbocycles. The first-order chi connectivity index (χ1) is 10.7. The molecule has 0 spiro atoms. The van der Waals surface area contributed by atoms with E-state index >= 15 is 0 Å². The van der Waals surface area contributed by atoms with Crippen LogP contribution in [0.4, 0.5) is 5.95 Å². The minimum absolute atomic E-state index is 0. The van der Waals surface area contributed by atoms with Gasteiger partial charge < -0.3 is 5.73 Å². The predicted molar refractivity (Wildman–Crippen MR) is 97.6 cm³/mol. The number of nitriles is 2. The van der Waals surface area contributed by atoms with Gasteiger partial charge in [0, 0.05) is 0 Å². The molecule has 24 heavy (non-hydrogen) atoms. The van der Waals surface area contributed by atoms with Crippen molar-refractivity contribution < 1.29 is 0 Å². The van der Waals surface area contributed by atoms with Crippen LogP contribution in [0.25, 0.3) is 0 Å². The van der Waals surface area contributed by atoms with Crippen LogP contribution in [0.3, 0.4) is 0 Å². The van der Waals surface area contributed by atoms with E-state index in [9.17, 15) is 10.5 Å². The number of nitrogens with two attached hydrogens (primary N) is 1. The van der Waals surface area contributed by atoms with Gasteiger partial charge >= 0.3 is 0 Å². The number of nitrogen functional groups attached to an aromatic ring is 1. The number of benzene rings is 1. The molecule has 6 nitrogen and oxygen atoms in total. The van der Waals surface area contributed by atoms with Gasteiger partial charge in [0.05, 0.1) is 29.5 Å². The first kappa shape index (κ1) is 19.7. The van der Waals surface area contributed by atoms with Crippen LogP contribution in [-0.2, 0) is 17.4 Å². The normalized spacial score (nSPS) is 11.2. The van der Waals surface area contributed by atoms with E-state index in [4.69, 9.17) is 5.73 Å². The Balaban J connectivity index is 0.00000288. The maximum Gasteiger partial charge on any atom is 0.239 e. The van der Waals surface area contributed by atoms with Gasteiger partial charge in [-0.15, -0.1) is 22.1 Å². The van der Waals surface area contributed by atoms with Gasteiger partial charge in [-0.2, -0.15) is 10.5 Å². The zero-order chi connectivity index (χ0) is 17.3. The number of aromatic nitrogens is 3. The van der Waals surface area contributed by atoms with Crippen molar-refractivity contribution in [2.75, 3.05) is 5.73 Å². The molecule has 0 bridgehead atoms. The van der Waals surface area contributed by atoms with Crippen molar-refractivity contribution in [3.05, 3.63) is 41.2 Å². The fourth-order valence-corrected chi connectivity index (χ4v) is 2.21. The van der Waals surface area contributed by atoms with Gasteiger partial charge in [0.25, 0.3) is 0 Å². The second-order valence-electron chi connectivity index (χ2n) is 6.69. The van der Waals surface area contributed by atoms with Gasteiger partial charge in [0.1, 0.15) is 6.33 Å². The molecule has 0 saturated heterocycles. The number of hydrogen-bond acceptors (Lipinski definition) is 5. The van der Waals surface area contributed by atoms with Gasteiger partial charge in [-0.1, -0.05) is 18.2 Å². The van der Waals surface area contributed by atoms with E-state index in [-0.39, 0.29) is 22.9 Å². The Kier molecular flexibility index (Phi) is 5.75. The summed E-state index contributed by atoms with van der Waals surface area (Å²) in [5.74, 6) is 0.219. The zero-order valence-corrected chi connectivity index (χ0v) is 16.0. The topological polar surface area (TPSA) is 104 Å². The Morgan fingerprint density at radius 3 is 1.92 bits per heavy atom. The van der Waals surface area contributed by atoms with E-state index in [0.717, 1.165) is 16.7 Å². The third kappa shape index (κ3) is 4.12. The van der Waals surface area contributed by atoms with E-state index in [1.165, 1.54) is 0 Å². The second kappa shape index (κ2) is 7.02. The van der Waals surface area contributed by atoms with Crippen LogP contribution in [0.1, 0.15) is 44.4 Å². The largest absolute Gasteiger partial charge is 0.367 e. The molecule has 0 amide bonds. The SMILES string of the molecule is Br.CC(C)(C#N)c1cc(Cn2cnc(N)n2)cc(C(C)(C)C#N)c1. The lowest BCUT2D eigenvalue weighted by molar-refractivity contribution is 0.646. The summed E-state index contributed by atoms with van der Waals surface area (Å²) in [6.45, 7) is 7.94. The van der Waals surface area contributed by atoms with E-state index in [2.05, 4.69) is 22.2 Å². The standard InChI is InChI=1S/C17H20N6.BrH/c1-16(2,9-18)13-5-12(8-23-11-21-15(20)22-23)6-14(7-13)17(3,4)10-19;/h5-7,11H,8H2,1-4H3,(H2,20,22);1H. The predicted octanol–water partition coefficient (Wildman–Crippen LogP) is 3.09. The van der Waals surface area contributed by atoms with Gasteiger partial charge in [-0.3, -0.25) is 0 Å². The molecule has 2 rings (SSSR count). The molecule has 7 heteroatoms. The third-order valence-corrected chi connectivity index (χ3v) is 3.89. The summed E-state index contributed by atoms with van der Waals surface area (Å²) >= 11 is 0. The van der Waals surface area contributed by atoms with Gasteiger partial charge in [0.15, 0.2) is 0 Å². The molecule has 2 aromatic rings. The molecule has 1 aromatic carbocycles. The molecule has 0 unspecified atom stereocenters. The van der Waals surface area contributed by atoms with Crippen LogP contribution in [0.2, 0.25) is 0 Å². The lowest BCUT2D eigenvalue weighted by Gasteiger charge is -2.23. The Bertz CT molecular complexity index is 763. The van der Waals surface area contributed by atoms with Crippen LogP contribution in [-0.4, -0.2) is 14.8 Å². The fourth-order valence-electron chi connectivity index (χ4n) is 2.21. The summed E-state index contributed by atoms with van der Waals surface area (Å²) in [4.78, 5) is 3.91. The molecule has 126 valence electrons.